The maximum absolute atomic E-state index is 12.7. The van der Waals surface area contributed by atoms with E-state index < -0.39 is 0 Å². The number of piperazine rings is 1. The molecule has 6 heteroatoms. The van der Waals surface area contributed by atoms with E-state index in [4.69, 9.17) is 4.74 Å². The normalized spacial score (nSPS) is 22.1. The quantitative estimate of drug-likeness (QED) is 0.793. The van der Waals surface area contributed by atoms with Crippen LogP contribution >= 0.6 is 0 Å². The van der Waals surface area contributed by atoms with Crippen molar-refractivity contribution in [2.75, 3.05) is 45.9 Å². The molecule has 0 bridgehead atoms. The van der Waals surface area contributed by atoms with Crippen LogP contribution in [0.15, 0.2) is 0 Å². The first-order valence-electron chi connectivity index (χ1n) is 8.58. The van der Waals surface area contributed by atoms with Gasteiger partial charge in [-0.1, -0.05) is 12.8 Å². The van der Waals surface area contributed by atoms with Crippen LogP contribution in [0.3, 0.4) is 0 Å². The van der Waals surface area contributed by atoms with Crippen molar-refractivity contribution in [3.05, 3.63) is 0 Å². The molecule has 126 valence electrons. The van der Waals surface area contributed by atoms with Gasteiger partial charge in [0.05, 0.1) is 12.6 Å². The molecule has 0 saturated carbocycles. The Morgan fingerprint density at radius 3 is 2.00 bits per heavy atom. The predicted octanol–water partition coefficient (Wildman–Crippen LogP) is 1.55. The van der Waals surface area contributed by atoms with E-state index in [0.717, 1.165) is 13.1 Å². The van der Waals surface area contributed by atoms with Gasteiger partial charge in [0.1, 0.15) is 0 Å². The maximum Gasteiger partial charge on any atom is 0.409 e. The Morgan fingerprint density at radius 1 is 0.909 bits per heavy atom. The van der Waals surface area contributed by atoms with E-state index in [1.54, 1.807) is 11.8 Å². The molecule has 0 radical (unpaired) electrons. The topological polar surface area (TPSA) is 53.1 Å². The second kappa shape index (κ2) is 8.36. The third-order valence-corrected chi connectivity index (χ3v) is 4.66. The van der Waals surface area contributed by atoms with Crippen molar-refractivity contribution in [3.63, 3.8) is 0 Å². The lowest BCUT2D eigenvalue weighted by molar-refractivity contribution is -0.138. The fraction of sp³-hybridized carbons (Fsp3) is 0.875. The standard InChI is InChI=1S/C16H29N3O3/c1-3-22-16(21)19-12-10-18(11-13-19)15(20)14(2)17-8-6-4-5-7-9-17/h14H,3-13H2,1-2H3. The van der Waals surface area contributed by atoms with E-state index in [-0.39, 0.29) is 18.0 Å². The third kappa shape index (κ3) is 4.35. The highest BCUT2D eigenvalue weighted by Gasteiger charge is 2.30. The van der Waals surface area contributed by atoms with Crippen molar-refractivity contribution in [2.24, 2.45) is 0 Å². The van der Waals surface area contributed by atoms with Crippen molar-refractivity contribution < 1.29 is 14.3 Å². The van der Waals surface area contributed by atoms with E-state index in [9.17, 15) is 9.59 Å². The van der Waals surface area contributed by atoms with Gasteiger partial charge >= 0.3 is 6.09 Å². The Labute approximate surface area is 133 Å². The van der Waals surface area contributed by atoms with Crippen molar-refractivity contribution in [1.29, 1.82) is 0 Å². The van der Waals surface area contributed by atoms with Crippen molar-refractivity contribution in [1.82, 2.24) is 14.7 Å². The second-order valence-corrected chi connectivity index (χ2v) is 6.14. The molecule has 0 aromatic carbocycles. The summed E-state index contributed by atoms with van der Waals surface area (Å²) in [5.74, 6) is 0.199. The number of carbonyl (C=O) groups excluding carboxylic acids is 2. The number of amides is 2. The molecular weight excluding hydrogens is 282 g/mol. The van der Waals surface area contributed by atoms with Gasteiger partial charge in [-0.2, -0.15) is 0 Å². The first-order valence-corrected chi connectivity index (χ1v) is 8.58. The van der Waals surface area contributed by atoms with Gasteiger partial charge in [-0.25, -0.2) is 4.79 Å². The lowest BCUT2D eigenvalue weighted by Crippen LogP contribution is -2.55. The SMILES string of the molecule is CCOC(=O)N1CCN(C(=O)C(C)N2CCCCCC2)CC1. The van der Waals surface area contributed by atoms with Gasteiger partial charge in [0.2, 0.25) is 5.91 Å². The van der Waals surface area contributed by atoms with Gasteiger partial charge in [0, 0.05) is 26.2 Å². The highest BCUT2D eigenvalue weighted by atomic mass is 16.6. The Kier molecular flexibility index (Phi) is 6.49. The van der Waals surface area contributed by atoms with Gasteiger partial charge in [-0.3, -0.25) is 9.69 Å². The summed E-state index contributed by atoms with van der Waals surface area (Å²) in [6.07, 6.45) is 4.66. The fourth-order valence-corrected chi connectivity index (χ4v) is 3.23. The summed E-state index contributed by atoms with van der Waals surface area (Å²) < 4.78 is 5.01. The first-order chi connectivity index (χ1) is 10.6. The molecule has 2 aliphatic rings. The second-order valence-electron chi connectivity index (χ2n) is 6.14. The van der Waals surface area contributed by atoms with E-state index >= 15 is 0 Å². The van der Waals surface area contributed by atoms with Crippen LogP contribution in [0.25, 0.3) is 0 Å². The minimum absolute atomic E-state index is 0.0488. The molecular formula is C16H29N3O3. The largest absolute Gasteiger partial charge is 0.450 e. The molecule has 1 atom stereocenters. The smallest absolute Gasteiger partial charge is 0.409 e. The number of nitrogens with zero attached hydrogens (tertiary/aromatic N) is 3. The number of carbonyl (C=O) groups is 2. The monoisotopic (exact) mass is 311 g/mol. The molecule has 0 spiro atoms. The molecule has 2 heterocycles. The van der Waals surface area contributed by atoms with Gasteiger partial charge in [-0.05, 0) is 39.8 Å². The van der Waals surface area contributed by atoms with Gasteiger partial charge in [0.25, 0.3) is 0 Å². The molecule has 2 saturated heterocycles. The van der Waals surface area contributed by atoms with E-state index in [1.165, 1.54) is 25.7 Å². The van der Waals surface area contributed by atoms with E-state index in [1.807, 2.05) is 11.8 Å². The summed E-state index contributed by atoms with van der Waals surface area (Å²) in [5, 5.41) is 0. The highest BCUT2D eigenvalue weighted by Crippen LogP contribution is 2.15. The number of hydrogen-bond acceptors (Lipinski definition) is 4. The summed E-state index contributed by atoms with van der Waals surface area (Å²) in [4.78, 5) is 30.2. The predicted molar refractivity (Wildman–Crippen MR) is 84.7 cm³/mol. The minimum atomic E-state index is -0.268. The third-order valence-electron chi connectivity index (χ3n) is 4.66. The summed E-state index contributed by atoms with van der Waals surface area (Å²) in [6, 6.07) is -0.0488. The zero-order chi connectivity index (χ0) is 15.9. The Morgan fingerprint density at radius 2 is 1.45 bits per heavy atom. The molecule has 2 aliphatic heterocycles. The Balaban J connectivity index is 1.82. The van der Waals surface area contributed by atoms with Crippen LogP contribution in [-0.4, -0.2) is 78.6 Å². The number of hydrogen-bond donors (Lipinski definition) is 0. The number of ether oxygens (including phenoxy) is 1. The average Bonchev–Trinajstić information content (AvgIpc) is 2.83. The van der Waals surface area contributed by atoms with Gasteiger partial charge < -0.3 is 14.5 Å². The van der Waals surface area contributed by atoms with Crippen LogP contribution in [0.2, 0.25) is 0 Å². The van der Waals surface area contributed by atoms with Crippen LogP contribution in [0.4, 0.5) is 4.79 Å². The minimum Gasteiger partial charge on any atom is -0.450 e. The van der Waals surface area contributed by atoms with Crippen molar-refractivity contribution in [2.45, 2.75) is 45.6 Å². The van der Waals surface area contributed by atoms with Crippen LogP contribution in [0.1, 0.15) is 39.5 Å². The molecule has 6 nitrogen and oxygen atoms in total. The Hall–Kier alpha value is -1.30. The lowest BCUT2D eigenvalue weighted by Gasteiger charge is -2.37. The zero-order valence-electron chi connectivity index (χ0n) is 13.9. The lowest BCUT2D eigenvalue weighted by atomic mass is 10.2. The van der Waals surface area contributed by atoms with E-state index in [2.05, 4.69) is 4.90 Å². The van der Waals surface area contributed by atoms with Crippen molar-refractivity contribution in [3.8, 4) is 0 Å². The van der Waals surface area contributed by atoms with Crippen LogP contribution in [0.5, 0.6) is 0 Å². The van der Waals surface area contributed by atoms with E-state index in [0.29, 0.717) is 32.8 Å². The molecule has 2 fully saturated rings. The van der Waals surface area contributed by atoms with Crippen LogP contribution in [-0.2, 0) is 9.53 Å². The molecule has 22 heavy (non-hydrogen) atoms. The summed E-state index contributed by atoms with van der Waals surface area (Å²) in [5.41, 5.74) is 0. The molecule has 1 unspecified atom stereocenters. The molecule has 0 aliphatic carbocycles. The summed E-state index contributed by atoms with van der Waals surface area (Å²) in [6.45, 7) is 8.61. The summed E-state index contributed by atoms with van der Waals surface area (Å²) >= 11 is 0. The fourth-order valence-electron chi connectivity index (χ4n) is 3.23. The summed E-state index contributed by atoms with van der Waals surface area (Å²) in [7, 11) is 0. The van der Waals surface area contributed by atoms with Crippen LogP contribution in [0, 0.1) is 0 Å². The Bertz CT molecular complexity index is 373. The molecule has 0 N–H and O–H groups in total. The van der Waals surface area contributed by atoms with Gasteiger partial charge in [0.15, 0.2) is 0 Å². The number of rotatable bonds is 3. The zero-order valence-corrected chi connectivity index (χ0v) is 13.9. The van der Waals surface area contributed by atoms with Crippen LogP contribution < -0.4 is 0 Å². The first kappa shape index (κ1) is 17.1. The molecule has 2 rings (SSSR count). The average molecular weight is 311 g/mol. The molecule has 0 aromatic heterocycles. The molecule has 2 amide bonds. The number of likely N-dealkylation sites (tertiary alicyclic amines) is 1. The van der Waals surface area contributed by atoms with Crippen molar-refractivity contribution >= 4 is 12.0 Å². The highest BCUT2D eigenvalue weighted by molar-refractivity contribution is 5.81. The molecule has 0 aromatic rings. The van der Waals surface area contributed by atoms with Gasteiger partial charge in [-0.15, -0.1) is 0 Å². The maximum atomic E-state index is 12.7.